The van der Waals surface area contributed by atoms with E-state index >= 15 is 0 Å². The number of aromatic hydroxyl groups is 1. The van der Waals surface area contributed by atoms with Crippen LogP contribution in [0.15, 0.2) is 35.7 Å². The number of carbonyl (C=O) groups is 1. The van der Waals surface area contributed by atoms with Crippen LogP contribution in [0.3, 0.4) is 0 Å². The summed E-state index contributed by atoms with van der Waals surface area (Å²) >= 11 is 1.64. The Balaban J connectivity index is 1.75. The average molecular weight is 329 g/mol. The molecule has 2 aromatic rings. The molecule has 1 aromatic heterocycles. The number of phenolic OH excluding ortho intramolecular Hbond substituents is 1. The predicted molar refractivity (Wildman–Crippen MR) is 93.9 cm³/mol. The minimum absolute atomic E-state index is 0.225. The van der Waals surface area contributed by atoms with Gasteiger partial charge in [-0.2, -0.15) is 0 Å². The van der Waals surface area contributed by atoms with Crippen molar-refractivity contribution in [2.24, 2.45) is 0 Å². The first-order valence-electron chi connectivity index (χ1n) is 8.30. The molecular formula is C19H23NO2S. The third-order valence-corrected chi connectivity index (χ3v) is 5.44. The summed E-state index contributed by atoms with van der Waals surface area (Å²) in [4.78, 5) is 16.0. The molecule has 1 aromatic carbocycles. The molecule has 0 bridgehead atoms. The van der Waals surface area contributed by atoms with E-state index in [9.17, 15) is 9.90 Å². The maximum Gasteiger partial charge on any atom is 0.228 e. The maximum atomic E-state index is 12.8. The van der Waals surface area contributed by atoms with Gasteiger partial charge in [-0.1, -0.05) is 25.1 Å². The molecule has 0 fully saturated rings. The summed E-state index contributed by atoms with van der Waals surface area (Å²) in [6.07, 6.45) is 4.10. The SMILES string of the molecule is CCCN(C(=O)Cc1cccs1)C1CCc2c(O)cccc2C1. The molecule has 1 N–H and O–H groups in total. The largest absolute Gasteiger partial charge is 0.508 e. The molecule has 122 valence electrons. The van der Waals surface area contributed by atoms with E-state index in [1.807, 2.05) is 23.6 Å². The average Bonchev–Trinajstić information content (AvgIpc) is 3.05. The highest BCUT2D eigenvalue weighted by Crippen LogP contribution is 2.31. The van der Waals surface area contributed by atoms with Gasteiger partial charge < -0.3 is 10.0 Å². The lowest BCUT2D eigenvalue weighted by molar-refractivity contribution is -0.133. The van der Waals surface area contributed by atoms with Gasteiger partial charge in [0.2, 0.25) is 5.91 Å². The Hall–Kier alpha value is -1.81. The molecule has 0 aliphatic heterocycles. The second-order valence-electron chi connectivity index (χ2n) is 6.15. The quantitative estimate of drug-likeness (QED) is 0.906. The van der Waals surface area contributed by atoms with E-state index < -0.39 is 0 Å². The zero-order valence-electron chi connectivity index (χ0n) is 13.5. The summed E-state index contributed by atoms with van der Waals surface area (Å²) in [6.45, 7) is 2.93. The fraction of sp³-hybridized carbons (Fsp3) is 0.421. The van der Waals surface area contributed by atoms with Gasteiger partial charge in [0.05, 0.1) is 6.42 Å². The van der Waals surface area contributed by atoms with Crippen molar-refractivity contribution in [3.8, 4) is 5.75 Å². The number of benzene rings is 1. The number of rotatable bonds is 5. The Morgan fingerprint density at radius 2 is 2.22 bits per heavy atom. The Labute approximate surface area is 141 Å². The van der Waals surface area contributed by atoms with E-state index in [4.69, 9.17) is 0 Å². The zero-order chi connectivity index (χ0) is 16.2. The molecule has 1 unspecified atom stereocenters. The van der Waals surface area contributed by atoms with Gasteiger partial charge in [0.15, 0.2) is 0 Å². The first-order valence-corrected chi connectivity index (χ1v) is 9.18. The van der Waals surface area contributed by atoms with Crippen LogP contribution in [-0.2, 0) is 24.1 Å². The van der Waals surface area contributed by atoms with Crippen molar-refractivity contribution >= 4 is 17.2 Å². The van der Waals surface area contributed by atoms with Crippen LogP contribution < -0.4 is 0 Å². The molecule has 1 aliphatic rings. The summed E-state index contributed by atoms with van der Waals surface area (Å²) < 4.78 is 0. The summed E-state index contributed by atoms with van der Waals surface area (Å²) in [5, 5.41) is 12.0. The van der Waals surface area contributed by atoms with E-state index in [1.54, 1.807) is 17.4 Å². The predicted octanol–water partition coefficient (Wildman–Crippen LogP) is 3.79. The lowest BCUT2D eigenvalue weighted by Crippen LogP contribution is -2.44. The number of hydrogen-bond acceptors (Lipinski definition) is 3. The first-order chi connectivity index (χ1) is 11.2. The van der Waals surface area contributed by atoms with Crippen LogP contribution in [0, 0.1) is 0 Å². The fourth-order valence-electron chi connectivity index (χ4n) is 3.45. The van der Waals surface area contributed by atoms with E-state index in [0.717, 1.165) is 42.7 Å². The Bertz CT molecular complexity index is 666. The lowest BCUT2D eigenvalue weighted by Gasteiger charge is -2.35. The third-order valence-electron chi connectivity index (χ3n) is 4.56. The van der Waals surface area contributed by atoms with Crippen LogP contribution >= 0.6 is 11.3 Å². The molecule has 3 nitrogen and oxygen atoms in total. The van der Waals surface area contributed by atoms with E-state index in [1.165, 1.54) is 5.56 Å². The van der Waals surface area contributed by atoms with Gasteiger partial charge in [0.1, 0.15) is 5.75 Å². The van der Waals surface area contributed by atoms with Crippen molar-refractivity contribution in [1.82, 2.24) is 4.90 Å². The van der Waals surface area contributed by atoms with Crippen molar-refractivity contribution in [3.63, 3.8) is 0 Å². The normalized spacial score (nSPS) is 16.8. The second kappa shape index (κ2) is 7.18. The van der Waals surface area contributed by atoms with Gasteiger partial charge in [-0.15, -0.1) is 11.3 Å². The Morgan fingerprint density at radius 3 is 2.96 bits per heavy atom. The number of hydrogen-bond donors (Lipinski definition) is 1. The molecule has 0 radical (unpaired) electrons. The third kappa shape index (κ3) is 3.58. The van der Waals surface area contributed by atoms with Gasteiger partial charge in [-0.3, -0.25) is 4.79 Å². The molecule has 1 atom stereocenters. The highest BCUT2D eigenvalue weighted by molar-refractivity contribution is 7.10. The zero-order valence-corrected chi connectivity index (χ0v) is 14.3. The Kier molecular flexibility index (Phi) is 5.01. The van der Waals surface area contributed by atoms with Gasteiger partial charge in [0.25, 0.3) is 0 Å². The molecule has 1 amide bonds. The van der Waals surface area contributed by atoms with Crippen LogP contribution in [0.2, 0.25) is 0 Å². The number of phenols is 1. The van der Waals surface area contributed by atoms with E-state index in [2.05, 4.69) is 17.9 Å². The highest BCUT2D eigenvalue weighted by Gasteiger charge is 2.28. The number of amides is 1. The molecular weight excluding hydrogens is 306 g/mol. The van der Waals surface area contributed by atoms with E-state index in [-0.39, 0.29) is 11.9 Å². The molecule has 3 rings (SSSR count). The lowest BCUT2D eigenvalue weighted by atomic mass is 9.86. The molecule has 0 saturated carbocycles. The molecule has 0 saturated heterocycles. The van der Waals surface area contributed by atoms with Crippen molar-refractivity contribution in [1.29, 1.82) is 0 Å². The smallest absolute Gasteiger partial charge is 0.228 e. The molecule has 4 heteroatoms. The van der Waals surface area contributed by atoms with Crippen molar-refractivity contribution < 1.29 is 9.90 Å². The van der Waals surface area contributed by atoms with Crippen LogP contribution in [0.5, 0.6) is 5.75 Å². The second-order valence-corrected chi connectivity index (χ2v) is 7.19. The van der Waals surface area contributed by atoms with Crippen LogP contribution in [0.25, 0.3) is 0 Å². The monoisotopic (exact) mass is 329 g/mol. The summed E-state index contributed by atoms with van der Waals surface area (Å²) in [6, 6.07) is 10.0. The number of nitrogens with zero attached hydrogens (tertiary/aromatic N) is 1. The van der Waals surface area contributed by atoms with Crippen LogP contribution in [0.4, 0.5) is 0 Å². The topological polar surface area (TPSA) is 40.5 Å². The maximum absolute atomic E-state index is 12.8. The minimum atomic E-state index is 0.225. The summed E-state index contributed by atoms with van der Waals surface area (Å²) in [5.74, 6) is 0.621. The molecule has 1 heterocycles. The van der Waals surface area contributed by atoms with Gasteiger partial charge >= 0.3 is 0 Å². The highest BCUT2D eigenvalue weighted by atomic mass is 32.1. The number of thiophene rings is 1. The van der Waals surface area contributed by atoms with Gasteiger partial charge in [0, 0.05) is 17.5 Å². The summed E-state index contributed by atoms with van der Waals surface area (Å²) in [5.41, 5.74) is 2.25. The fourth-order valence-corrected chi connectivity index (χ4v) is 4.15. The standard InChI is InChI=1S/C19H23NO2S/c1-2-10-20(19(22)13-16-6-4-11-23-16)15-8-9-17-14(12-15)5-3-7-18(17)21/h3-7,11,15,21H,2,8-10,12-13H2,1H3. The van der Waals surface area contributed by atoms with Crippen molar-refractivity contribution in [2.45, 2.75) is 45.1 Å². The van der Waals surface area contributed by atoms with Gasteiger partial charge in [-0.25, -0.2) is 0 Å². The Morgan fingerprint density at radius 1 is 1.35 bits per heavy atom. The van der Waals surface area contributed by atoms with Crippen LogP contribution in [-0.4, -0.2) is 28.5 Å². The first kappa shape index (κ1) is 16.1. The van der Waals surface area contributed by atoms with Crippen LogP contribution in [0.1, 0.15) is 35.8 Å². The van der Waals surface area contributed by atoms with Gasteiger partial charge in [-0.05, 0) is 54.3 Å². The summed E-state index contributed by atoms with van der Waals surface area (Å²) in [7, 11) is 0. The number of carbonyl (C=O) groups excluding carboxylic acids is 1. The number of fused-ring (bicyclic) bond motifs is 1. The molecule has 0 spiro atoms. The molecule has 1 aliphatic carbocycles. The van der Waals surface area contributed by atoms with Crippen molar-refractivity contribution in [3.05, 3.63) is 51.7 Å². The minimum Gasteiger partial charge on any atom is -0.508 e. The van der Waals surface area contributed by atoms with E-state index in [0.29, 0.717) is 12.2 Å². The van der Waals surface area contributed by atoms with Crippen molar-refractivity contribution in [2.75, 3.05) is 6.54 Å². The molecule has 23 heavy (non-hydrogen) atoms.